The van der Waals surface area contributed by atoms with E-state index < -0.39 is 12.0 Å². The SMILES string of the molecule is Cc1cc(Cl)cc2c1N(Cc1cc(F)cc3c1OCOC3)C(O)/C2=N\O. The number of hydrogen-bond donors (Lipinski definition) is 2. The summed E-state index contributed by atoms with van der Waals surface area (Å²) in [4.78, 5) is 1.63. The zero-order valence-electron chi connectivity index (χ0n) is 13.9. The molecule has 2 aliphatic heterocycles. The number of hydrogen-bond acceptors (Lipinski definition) is 6. The quantitative estimate of drug-likeness (QED) is 0.620. The lowest BCUT2D eigenvalue weighted by molar-refractivity contribution is -0.0173. The van der Waals surface area contributed by atoms with Crippen LogP contribution in [0.2, 0.25) is 5.02 Å². The lowest BCUT2D eigenvalue weighted by Crippen LogP contribution is -2.35. The molecule has 1 atom stereocenters. The molecule has 8 heteroatoms. The van der Waals surface area contributed by atoms with Gasteiger partial charge >= 0.3 is 0 Å². The average molecular weight is 379 g/mol. The number of aryl methyl sites for hydroxylation is 1. The Balaban J connectivity index is 1.80. The van der Waals surface area contributed by atoms with Crippen molar-refractivity contribution in [1.29, 1.82) is 0 Å². The molecule has 0 fully saturated rings. The van der Waals surface area contributed by atoms with Gasteiger partial charge in [-0.3, -0.25) is 0 Å². The monoisotopic (exact) mass is 378 g/mol. The number of anilines is 1. The van der Waals surface area contributed by atoms with Crippen molar-refractivity contribution in [2.45, 2.75) is 26.3 Å². The zero-order valence-corrected chi connectivity index (χ0v) is 14.6. The van der Waals surface area contributed by atoms with Crippen LogP contribution in [0.5, 0.6) is 5.75 Å². The first-order valence-electron chi connectivity index (χ1n) is 7.98. The van der Waals surface area contributed by atoms with Gasteiger partial charge in [0.05, 0.1) is 12.3 Å². The molecule has 0 saturated carbocycles. The summed E-state index contributed by atoms with van der Waals surface area (Å²) in [6.07, 6.45) is -1.19. The Bertz CT molecular complexity index is 919. The zero-order chi connectivity index (χ0) is 18.4. The van der Waals surface area contributed by atoms with E-state index in [1.165, 1.54) is 12.1 Å². The molecule has 0 amide bonds. The van der Waals surface area contributed by atoms with E-state index in [2.05, 4.69) is 5.16 Å². The molecule has 26 heavy (non-hydrogen) atoms. The first-order valence-corrected chi connectivity index (χ1v) is 8.36. The highest BCUT2D eigenvalue weighted by Crippen LogP contribution is 2.40. The number of fused-ring (bicyclic) bond motifs is 2. The minimum absolute atomic E-state index is 0.0861. The van der Waals surface area contributed by atoms with Crippen molar-refractivity contribution >= 4 is 23.0 Å². The molecule has 2 aromatic carbocycles. The van der Waals surface area contributed by atoms with Crippen molar-refractivity contribution in [3.05, 3.63) is 57.4 Å². The first kappa shape index (κ1) is 17.1. The van der Waals surface area contributed by atoms with E-state index in [4.69, 9.17) is 21.1 Å². The molecule has 2 heterocycles. The van der Waals surface area contributed by atoms with Crippen LogP contribution in [-0.4, -0.2) is 29.0 Å². The van der Waals surface area contributed by atoms with Crippen LogP contribution in [-0.2, 0) is 17.9 Å². The normalized spacial score (nSPS) is 20.1. The number of oxime groups is 1. The number of aliphatic hydroxyl groups is 1. The molecular formula is C18H16ClFN2O4. The van der Waals surface area contributed by atoms with Gasteiger partial charge in [-0.25, -0.2) is 4.39 Å². The number of ether oxygens (including phenoxy) is 2. The number of rotatable bonds is 2. The van der Waals surface area contributed by atoms with Crippen molar-refractivity contribution in [3.8, 4) is 5.75 Å². The fourth-order valence-electron chi connectivity index (χ4n) is 3.55. The largest absolute Gasteiger partial charge is 0.467 e. The van der Waals surface area contributed by atoms with E-state index in [-0.39, 0.29) is 25.7 Å². The molecule has 4 rings (SSSR count). The summed E-state index contributed by atoms with van der Waals surface area (Å²) in [6, 6.07) is 6.13. The Labute approximate surface area is 154 Å². The van der Waals surface area contributed by atoms with Gasteiger partial charge in [-0.15, -0.1) is 0 Å². The maximum atomic E-state index is 14.0. The Morgan fingerprint density at radius 3 is 2.92 bits per heavy atom. The van der Waals surface area contributed by atoms with E-state index in [0.29, 0.717) is 33.1 Å². The van der Waals surface area contributed by atoms with Crippen molar-refractivity contribution in [2.24, 2.45) is 5.16 Å². The molecule has 0 spiro atoms. The summed E-state index contributed by atoms with van der Waals surface area (Å²) in [6.45, 7) is 2.35. The fraction of sp³-hybridized carbons (Fsp3) is 0.278. The molecule has 1 unspecified atom stereocenters. The smallest absolute Gasteiger partial charge is 0.189 e. The number of aliphatic hydroxyl groups excluding tert-OH is 1. The van der Waals surface area contributed by atoms with Crippen LogP contribution < -0.4 is 9.64 Å². The summed E-state index contributed by atoms with van der Waals surface area (Å²) >= 11 is 6.10. The molecule has 2 aliphatic rings. The van der Waals surface area contributed by atoms with Crippen molar-refractivity contribution < 1.29 is 24.2 Å². The van der Waals surface area contributed by atoms with Crippen molar-refractivity contribution in [2.75, 3.05) is 11.7 Å². The van der Waals surface area contributed by atoms with Gasteiger partial charge in [0.15, 0.2) is 13.0 Å². The predicted molar refractivity (Wildman–Crippen MR) is 93.4 cm³/mol. The minimum atomic E-state index is -1.19. The van der Waals surface area contributed by atoms with E-state index in [0.717, 1.165) is 5.56 Å². The molecule has 136 valence electrons. The third kappa shape index (κ3) is 2.68. The van der Waals surface area contributed by atoms with E-state index >= 15 is 0 Å². The summed E-state index contributed by atoms with van der Waals surface area (Å²) < 4.78 is 24.8. The molecule has 2 aromatic rings. The van der Waals surface area contributed by atoms with Gasteiger partial charge in [0.25, 0.3) is 0 Å². The van der Waals surface area contributed by atoms with E-state index in [9.17, 15) is 14.7 Å². The Morgan fingerprint density at radius 1 is 1.35 bits per heavy atom. The molecule has 0 aromatic heterocycles. The topological polar surface area (TPSA) is 74.5 Å². The molecular weight excluding hydrogens is 363 g/mol. The fourth-order valence-corrected chi connectivity index (χ4v) is 3.82. The summed E-state index contributed by atoms with van der Waals surface area (Å²) in [5, 5.41) is 23.7. The molecule has 6 nitrogen and oxygen atoms in total. The lowest BCUT2D eigenvalue weighted by Gasteiger charge is -2.27. The van der Waals surface area contributed by atoms with Crippen LogP contribution >= 0.6 is 11.6 Å². The second-order valence-corrected chi connectivity index (χ2v) is 6.71. The van der Waals surface area contributed by atoms with Crippen LogP contribution in [0, 0.1) is 12.7 Å². The second-order valence-electron chi connectivity index (χ2n) is 6.27. The van der Waals surface area contributed by atoms with Gasteiger partial charge in [-0.2, -0.15) is 0 Å². The third-order valence-electron chi connectivity index (χ3n) is 4.57. The van der Waals surface area contributed by atoms with Crippen LogP contribution in [0.4, 0.5) is 10.1 Å². The maximum absolute atomic E-state index is 14.0. The van der Waals surface area contributed by atoms with E-state index in [1.807, 2.05) is 6.92 Å². The Hall–Kier alpha value is -2.35. The predicted octanol–water partition coefficient (Wildman–Crippen LogP) is 3.17. The van der Waals surface area contributed by atoms with Crippen LogP contribution in [0.15, 0.2) is 29.4 Å². The van der Waals surface area contributed by atoms with Crippen LogP contribution in [0.25, 0.3) is 0 Å². The van der Waals surface area contributed by atoms with Crippen molar-refractivity contribution in [3.63, 3.8) is 0 Å². The summed E-state index contributed by atoms with van der Waals surface area (Å²) in [5.74, 6) is 0.137. The highest BCUT2D eigenvalue weighted by Gasteiger charge is 2.37. The molecule has 0 bridgehead atoms. The highest BCUT2D eigenvalue weighted by atomic mass is 35.5. The van der Waals surface area contributed by atoms with Gasteiger partial charge in [0, 0.05) is 28.3 Å². The minimum Gasteiger partial charge on any atom is -0.467 e. The summed E-state index contributed by atoms with van der Waals surface area (Å²) in [5.41, 5.74) is 3.31. The molecule has 0 radical (unpaired) electrons. The third-order valence-corrected chi connectivity index (χ3v) is 4.79. The van der Waals surface area contributed by atoms with Gasteiger partial charge in [-0.1, -0.05) is 16.8 Å². The van der Waals surface area contributed by atoms with Gasteiger partial charge in [0.2, 0.25) is 0 Å². The Kier molecular flexibility index (Phi) is 4.22. The van der Waals surface area contributed by atoms with Crippen molar-refractivity contribution in [1.82, 2.24) is 0 Å². The van der Waals surface area contributed by atoms with Gasteiger partial charge in [-0.05, 0) is 36.8 Å². The van der Waals surface area contributed by atoms with Gasteiger partial charge in [0.1, 0.15) is 17.3 Å². The lowest BCUT2D eigenvalue weighted by atomic mass is 10.1. The highest BCUT2D eigenvalue weighted by molar-refractivity contribution is 6.31. The Morgan fingerprint density at radius 2 is 2.15 bits per heavy atom. The summed E-state index contributed by atoms with van der Waals surface area (Å²) in [7, 11) is 0. The second kappa shape index (κ2) is 6.42. The number of benzene rings is 2. The molecule has 2 N–H and O–H groups in total. The van der Waals surface area contributed by atoms with Crippen LogP contribution in [0.3, 0.4) is 0 Å². The number of nitrogens with zero attached hydrogens (tertiary/aromatic N) is 2. The molecule has 0 saturated heterocycles. The average Bonchev–Trinajstić information content (AvgIpc) is 2.86. The maximum Gasteiger partial charge on any atom is 0.189 e. The van der Waals surface area contributed by atoms with E-state index in [1.54, 1.807) is 17.0 Å². The van der Waals surface area contributed by atoms with Gasteiger partial charge < -0.3 is 24.7 Å². The number of halogens is 2. The molecule has 0 aliphatic carbocycles. The van der Waals surface area contributed by atoms with Crippen LogP contribution in [0.1, 0.15) is 22.3 Å². The first-order chi connectivity index (χ1) is 12.5. The standard InChI is InChI=1S/C18H16ClFN2O4/c1-9-2-12(19)5-14-15(21-24)18(23)22(16(9)14)6-10-3-13(20)4-11-7-25-8-26-17(10)11/h2-5,18,23-24H,6-8H2,1H3/b21-15-.